The number of halogens is 1. The van der Waals surface area contributed by atoms with Gasteiger partial charge in [0.15, 0.2) is 0 Å². The minimum atomic E-state index is -0.780. The van der Waals surface area contributed by atoms with Gasteiger partial charge in [-0.3, -0.25) is 9.59 Å². The Hall–Kier alpha value is -1.75. The molecule has 2 N–H and O–H groups in total. The van der Waals surface area contributed by atoms with E-state index < -0.39 is 5.54 Å². The molecular weight excluding hydrogens is 290 g/mol. The number of carbonyl (C=O) groups excluding carboxylic acids is 2. The van der Waals surface area contributed by atoms with Crippen LogP contribution in [0.4, 0.5) is 5.69 Å². The van der Waals surface area contributed by atoms with Gasteiger partial charge in [-0.2, -0.15) is 0 Å². The first-order valence-electron chi connectivity index (χ1n) is 6.73. The SMILES string of the molecule is CN1CCN(C(=O)Cc2ccc(N)cc2)C(C)(C)C1=O.Cl. The zero-order chi connectivity index (χ0) is 14.9. The van der Waals surface area contributed by atoms with Gasteiger partial charge in [-0.15, -0.1) is 12.4 Å². The number of anilines is 1. The lowest BCUT2D eigenvalue weighted by molar-refractivity contribution is -0.156. The quantitative estimate of drug-likeness (QED) is 0.838. The van der Waals surface area contributed by atoms with Crippen LogP contribution in [0.15, 0.2) is 24.3 Å². The van der Waals surface area contributed by atoms with Crippen LogP contribution in [0.1, 0.15) is 19.4 Å². The smallest absolute Gasteiger partial charge is 0.247 e. The number of hydrogen-bond donors (Lipinski definition) is 1. The molecule has 2 rings (SSSR count). The fraction of sp³-hybridized carbons (Fsp3) is 0.467. The molecule has 116 valence electrons. The maximum absolute atomic E-state index is 12.4. The zero-order valence-corrected chi connectivity index (χ0v) is 13.4. The summed E-state index contributed by atoms with van der Waals surface area (Å²) in [6, 6.07) is 7.25. The minimum absolute atomic E-state index is 0. The number of nitrogens with two attached hydrogens (primary N) is 1. The Morgan fingerprint density at radius 1 is 1.24 bits per heavy atom. The van der Waals surface area contributed by atoms with E-state index in [1.807, 2.05) is 12.1 Å². The van der Waals surface area contributed by atoms with Gasteiger partial charge in [-0.05, 0) is 31.5 Å². The average Bonchev–Trinajstić information content (AvgIpc) is 2.38. The first kappa shape index (κ1) is 17.3. The van der Waals surface area contributed by atoms with Crippen molar-refractivity contribution >= 4 is 29.9 Å². The maximum atomic E-state index is 12.4. The summed E-state index contributed by atoms with van der Waals surface area (Å²) in [6.45, 7) is 4.75. The Bertz CT molecular complexity index is 528. The van der Waals surface area contributed by atoms with Crippen molar-refractivity contribution in [2.24, 2.45) is 0 Å². The van der Waals surface area contributed by atoms with Crippen molar-refractivity contribution in [1.82, 2.24) is 9.80 Å². The summed E-state index contributed by atoms with van der Waals surface area (Å²) in [7, 11) is 1.77. The summed E-state index contributed by atoms with van der Waals surface area (Å²) in [5, 5.41) is 0. The predicted molar refractivity (Wildman–Crippen MR) is 85.2 cm³/mol. The molecule has 1 fully saturated rings. The fourth-order valence-electron chi connectivity index (χ4n) is 2.56. The lowest BCUT2D eigenvalue weighted by Crippen LogP contribution is -2.63. The fourth-order valence-corrected chi connectivity index (χ4v) is 2.56. The summed E-state index contributed by atoms with van der Waals surface area (Å²) in [5.74, 6) is -0.0457. The van der Waals surface area contributed by atoms with Crippen LogP contribution in [0.5, 0.6) is 0 Å². The number of hydrogen-bond acceptors (Lipinski definition) is 3. The maximum Gasteiger partial charge on any atom is 0.247 e. The summed E-state index contributed by atoms with van der Waals surface area (Å²) >= 11 is 0. The highest BCUT2D eigenvalue weighted by Gasteiger charge is 2.42. The van der Waals surface area contributed by atoms with Gasteiger partial charge < -0.3 is 15.5 Å². The molecule has 0 aliphatic carbocycles. The Labute approximate surface area is 131 Å². The van der Waals surface area contributed by atoms with Crippen molar-refractivity contribution in [3.05, 3.63) is 29.8 Å². The standard InChI is InChI=1S/C15H21N3O2.ClH/c1-15(2)14(20)17(3)8-9-18(15)13(19)10-11-4-6-12(16)7-5-11;/h4-7H,8-10,16H2,1-3H3;1H. The van der Waals surface area contributed by atoms with Crippen molar-refractivity contribution < 1.29 is 9.59 Å². The highest BCUT2D eigenvalue weighted by atomic mass is 35.5. The molecule has 0 saturated carbocycles. The van der Waals surface area contributed by atoms with Crippen molar-refractivity contribution in [1.29, 1.82) is 0 Å². The van der Waals surface area contributed by atoms with Crippen LogP contribution in [-0.4, -0.2) is 47.3 Å². The van der Waals surface area contributed by atoms with Gasteiger partial charge in [0.25, 0.3) is 0 Å². The van der Waals surface area contributed by atoms with Crippen molar-refractivity contribution in [3.8, 4) is 0 Å². The summed E-state index contributed by atoms with van der Waals surface area (Å²) in [4.78, 5) is 28.0. The van der Waals surface area contributed by atoms with E-state index in [0.29, 0.717) is 25.2 Å². The minimum Gasteiger partial charge on any atom is -0.399 e. The van der Waals surface area contributed by atoms with E-state index in [4.69, 9.17) is 5.73 Å². The van der Waals surface area contributed by atoms with Gasteiger partial charge in [0.2, 0.25) is 11.8 Å². The Morgan fingerprint density at radius 2 is 1.81 bits per heavy atom. The first-order valence-corrected chi connectivity index (χ1v) is 6.73. The van der Waals surface area contributed by atoms with E-state index in [2.05, 4.69) is 0 Å². The molecule has 0 aromatic heterocycles. The van der Waals surface area contributed by atoms with Crippen LogP contribution >= 0.6 is 12.4 Å². The monoisotopic (exact) mass is 311 g/mol. The summed E-state index contributed by atoms with van der Waals surface area (Å²) < 4.78 is 0. The Kier molecular flexibility index (Phi) is 5.23. The molecule has 1 aliphatic heterocycles. The second-order valence-corrected chi connectivity index (χ2v) is 5.75. The average molecular weight is 312 g/mol. The topological polar surface area (TPSA) is 66.6 Å². The molecule has 0 radical (unpaired) electrons. The molecule has 2 amide bonds. The van der Waals surface area contributed by atoms with Gasteiger partial charge in [0, 0.05) is 25.8 Å². The second-order valence-electron chi connectivity index (χ2n) is 5.75. The Morgan fingerprint density at radius 3 is 2.38 bits per heavy atom. The molecule has 0 spiro atoms. The van der Waals surface area contributed by atoms with Gasteiger partial charge in [-0.1, -0.05) is 12.1 Å². The number of nitrogens with zero attached hydrogens (tertiary/aromatic N) is 2. The second kappa shape index (κ2) is 6.35. The molecule has 1 saturated heterocycles. The van der Waals surface area contributed by atoms with Crippen molar-refractivity contribution in [2.75, 3.05) is 25.9 Å². The predicted octanol–water partition coefficient (Wildman–Crippen LogP) is 1.31. The molecule has 21 heavy (non-hydrogen) atoms. The summed E-state index contributed by atoms with van der Waals surface area (Å²) in [6.07, 6.45) is 0.292. The largest absolute Gasteiger partial charge is 0.399 e. The van der Waals surface area contributed by atoms with E-state index in [9.17, 15) is 9.59 Å². The number of nitrogen functional groups attached to an aromatic ring is 1. The number of amides is 2. The van der Waals surface area contributed by atoms with Crippen LogP contribution in [0.25, 0.3) is 0 Å². The number of carbonyl (C=O) groups is 2. The number of piperazine rings is 1. The van der Waals surface area contributed by atoms with Crippen LogP contribution in [0.2, 0.25) is 0 Å². The van der Waals surface area contributed by atoms with Crippen LogP contribution < -0.4 is 5.73 Å². The number of benzene rings is 1. The molecule has 0 bridgehead atoms. The molecule has 0 atom stereocenters. The lowest BCUT2D eigenvalue weighted by atomic mass is 9.96. The normalized spacial score (nSPS) is 17.4. The van der Waals surface area contributed by atoms with E-state index in [1.54, 1.807) is 42.8 Å². The molecule has 1 aliphatic rings. The molecule has 5 nitrogen and oxygen atoms in total. The van der Waals surface area contributed by atoms with Crippen molar-refractivity contribution in [3.63, 3.8) is 0 Å². The van der Waals surface area contributed by atoms with E-state index in [1.165, 1.54) is 0 Å². The van der Waals surface area contributed by atoms with E-state index in [-0.39, 0.29) is 24.2 Å². The van der Waals surface area contributed by atoms with E-state index in [0.717, 1.165) is 5.56 Å². The molecule has 0 unspecified atom stereocenters. The van der Waals surface area contributed by atoms with Crippen LogP contribution in [0, 0.1) is 0 Å². The highest BCUT2D eigenvalue weighted by molar-refractivity contribution is 5.92. The van der Waals surface area contributed by atoms with E-state index >= 15 is 0 Å². The lowest BCUT2D eigenvalue weighted by Gasteiger charge is -2.44. The van der Waals surface area contributed by atoms with Crippen molar-refractivity contribution in [2.45, 2.75) is 25.8 Å². The third-order valence-electron chi connectivity index (χ3n) is 3.84. The molecule has 1 aromatic carbocycles. The molecule has 6 heteroatoms. The van der Waals surface area contributed by atoms with Gasteiger partial charge in [-0.25, -0.2) is 0 Å². The van der Waals surface area contributed by atoms with Gasteiger partial charge in [0.05, 0.1) is 6.42 Å². The van der Waals surface area contributed by atoms with Gasteiger partial charge in [0.1, 0.15) is 5.54 Å². The zero-order valence-electron chi connectivity index (χ0n) is 12.6. The van der Waals surface area contributed by atoms with Crippen LogP contribution in [0.3, 0.4) is 0 Å². The molecule has 1 aromatic rings. The first-order chi connectivity index (χ1) is 9.32. The van der Waals surface area contributed by atoms with Crippen LogP contribution in [-0.2, 0) is 16.0 Å². The highest BCUT2D eigenvalue weighted by Crippen LogP contribution is 2.22. The molecule has 1 heterocycles. The number of likely N-dealkylation sites (N-methyl/N-ethyl adjacent to an activating group) is 1. The van der Waals surface area contributed by atoms with Gasteiger partial charge >= 0.3 is 0 Å². The Balaban J connectivity index is 0.00000220. The third-order valence-corrected chi connectivity index (χ3v) is 3.84. The molecular formula is C15H22ClN3O2. The number of rotatable bonds is 2. The summed E-state index contributed by atoms with van der Waals surface area (Å²) in [5.41, 5.74) is 6.44. The third kappa shape index (κ3) is 3.47.